The fraction of sp³-hybridized carbons (Fsp3) is 0.370. The van der Waals surface area contributed by atoms with Crippen LogP contribution in [-0.4, -0.2) is 26.1 Å². The number of carboxylic acid groups (broad SMARTS) is 1. The van der Waals surface area contributed by atoms with Gasteiger partial charge in [-0.25, -0.2) is 14.2 Å². The van der Waals surface area contributed by atoms with Crippen molar-refractivity contribution in [2.75, 3.05) is 0 Å². The van der Waals surface area contributed by atoms with Crippen molar-refractivity contribution in [2.45, 2.75) is 59.4 Å². The number of hydrogen-bond donors (Lipinski definition) is 1. The number of aromatic nitrogens is 2. The average Bonchev–Trinajstić information content (AvgIpc) is 3.05. The van der Waals surface area contributed by atoms with Gasteiger partial charge in [0.1, 0.15) is 0 Å². The zero-order chi connectivity index (χ0) is 24.8. The summed E-state index contributed by atoms with van der Waals surface area (Å²) in [6.45, 7) is 6.11. The normalized spacial score (nSPS) is 11.2. The van der Waals surface area contributed by atoms with Crippen molar-refractivity contribution in [3.05, 3.63) is 81.8 Å². The average molecular weight is 467 g/mol. The summed E-state index contributed by atoms with van der Waals surface area (Å²) in [7, 11) is 0. The van der Waals surface area contributed by atoms with E-state index in [1.54, 1.807) is 48.5 Å². The van der Waals surface area contributed by atoms with Crippen molar-refractivity contribution >= 4 is 11.9 Å². The van der Waals surface area contributed by atoms with Gasteiger partial charge >= 0.3 is 11.7 Å². The third-order valence-corrected chi connectivity index (χ3v) is 5.90. The number of carbonyl (C=O) groups is 2. The number of rotatable bonds is 10. The lowest BCUT2D eigenvalue weighted by molar-refractivity contribution is 0.0697. The molecule has 3 rings (SSSR count). The molecule has 0 fully saturated rings. The fourth-order valence-corrected chi connectivity index (χ4v) is 3.94. The largest absolute Gasteiger partial charge is 0.478 e. The van der Waals surface area contributed by atoms with Gasteiger partial charge in [-0.2, -0.15) is 4.39 Å². The fourth-order valence-electron chi connectivity index (χ4n) is 3.94. The van der Waals surface area contributed by atoms with Gasteiger partial charge in [-0.15, -0.1) is 0 Å². The minimum atomic E-state index is -1.01. The molecule has 0 saturated carbocycles. The first kappa shape index (κ1) is 25.1. The number of carbonyl (C=O) groups excluding carboxylic acids is 1. The van der Waals surface area contributed by atoms with E-state index >= 15 is 4.39 Å². The maximum Gasteiger partial charge on any atom is 0.337 e. The number of aromatic carboxylic acids is 1. The molecule has 34 heavy (non-hydrogen) atoms. The highest BCUT2D eigenvalue weighted by Crippen LogP contribution is 2.24. The van der Waals surface area contributed by atoms with E-state index in [1.165, 1.54) is 4.57 Å². The zero-order valence-corrected chi connectivity index (χ0v) is 19.9. The number of unbranched alkanes of at least 4 members (excludes halogenated alkanes) is 1. The summed E-state index contributed by atoms with van der Waals surface area (Å²) < 4.78 is 17.3. The molecule has 0 radical (unpaired) electrons. The van der Waals surface area contributed by atoms with E-state index in [9.17, 15) is 19.5 Å². The highest BCUT2D eigenvalue weighted by atomic mass is 19.1. The zero-order valence-electron chi connectivity index (χ0n) is 19.9. The highest BCUT2D eigenvalue weighted by molar-refractivity contribution is 5.96. The van der Waals surface area contributed by atoms with E-state index in [-0.39, 0.29) is 24.2 Å². The number of nitrogens with zero attached hydrogens (tertiary/aromatic N) is 2. The summed E-state index contributed by atoms with van der Waals surface area (Å²) in [6.07, 6.45) is 2.54. The third-order valence-electron chi connectivity index (χ3n) is 5.90. The van der Waals surface area contributed by atoms with Crippen molar-refractivity contribution < 1.29 is 19.1 Å². The Labute approximate surface area is 198 Å². The summed E-state index contributed by atoms with van der Waals surface area (Å²) in [5.74, 6) is -1.98. The van der Waals surface area contributed by atoms with Crippen molar-refractivity contribution in [1.29, 1.82) is 0 Å². The van der Waals surface area contributed by atoms with Crippen LogP contribution in [0.25, 0.3) is 11.1 Å². The second kappa shape index (κ2) is 11.1. The minimum absolute atomic E-state index is 0.123. The van der Waals surface area contributed by atoms with Crippen molar-refractivity contribution in [2.24, 2.45) is 5.92 Å². The molecule has 0 spiro atoms. The second-order valence-corrected chi connectivity index (χ2v) is 8.92. The summed E-state index contributed by atoms with van der Waals surface area (Å²) >= 11 is 0. The first-order valence-corrected chi connectivity index (χ1v) is 11.7. The molecule has 0 bridgehead atoms. The molecule has 0 unspecified atom stereocenters. The highest BCUT2D eigenvalue weighted by Gasteiger charge is 2.24. The quantitative estimate of drug-likeness (QED) is 0.420. The molecule has 0 aliphatic rings. The van der Waals surface area contributed by atoms with Gasteiger partial charge in [-0.05, 0) is 47.9 Å². The van der Waals surface area contributed by atoms with E-state index in [1.807, 2.05) is 20.8 Å². The monoisotopic (exact) mass is 466 g/mol. The van der Waals surface area contributed by atoms with Crippen LogP contribution in [0.3, 0.4) is 0 Å². The van der Waals surface area contributed by atoms with E-state index in [4.69, 9.17) is 0 Å². The van der Waals surface area contributed by atoms with Crippen LogP contribution in [0.4, 0.5) is 4.39 Å². The Morgan fingerprint density at radius 1 is 1.06 bits per heavy atom. The number of benzene rings is 2. The van der Waals surface area contributed by atoms with Gasteiger partial charge in [-0.3, -0.25) is 9.36 Å². The molecule has 1 aromatic heterocycles. The topological polar surface area (TPSA) is 81.3 Å². The van der Waals surface area contributed by atoms with Crippen molar-refractivity contribution in [1.82, 2.24) is 9.13 Å². The van der Waals surface area contributed by atoms with Gasteiger partial charge in [0.25, 0.3) is 0 Å². The van der Waals surface area contributed by atoms with Gasteiger partial charge in [0, 0.05) is 6.42 Å². The second-order valence-electron chi connectivity index (χ2n) is 8.92. The summed E-state index contributed by atoms with van der Waals surface area (Å²) in [5, 5.41) is 9.45. The molecule has 7 heteroatoms. The Morgan fingerprint density at radius 2 is 1.74 bits per heavy atom. The Bertz CT molecular complexity index is 1220. The Morgan fingerprint density at radius 3 is 2.35 bits per heavy atom. The molecule has 3 aromatic rings. The van der Waals surface area contributed by atoms with Crippen LogP contribution in [0.15, 0.2) is 53.3 Å². The molecule has 0 aliphatic heterocycles. The lowest BCUT2D eigenvalue weighted by Crippen LogP contribution is -2.30. The Kier molecular flexibility index (Phi) is 8.21. The smallest absolute Gasteiger partial charge is 0.337 e. The molecule has 0 aliphatic carbocycles. The van der Waals surface area contributed by atoms with Gasteiger partial charge in [0.2, 0.25) is 11.9 Å². The predicted molar refractivity (Wildman–Crippen MR) is 130 cm³/mol. The Balaban J connectivity index is 1.96. The molecule has 2 aromatic carbocycles. The predicted octanol–water partition coefficient (Wildman–Crippen LogP) is 5.62. The lowest BCUT2D eigenvalue weighted by Gasteiger charge is -2.10. The molecule has 1 N–H and O–H groups in total. The van der Waals surface area contributed by atoms with E-state index in [0.717, 1.165) is 17.5 Å². The maximum absolute atomic E-state index is 15.3. The van der Waals surface area contributed by atoms with Crippen LogP contribution < -0.4 is 5.69 Å². The van der Waals surface area contributed by atoms with E-state index < -0.39 is 23.5 Å². The molecular weight excluding hydrogens is 435 g/mol. The van der Waals surface area contributed by atoms with Crippen LogP contribution in [0.2, 0.25) is 0 Å². The molecule has 1 heterocycles. The van der Waals surface area contributed by atoms with Crippen molar-refractivity contribution in [3.63, 3.8) is 0 Å². The SMILES string of the molecule is CCCCC(=O)n1c(F)c(CCC(C)C)n(Cc2ccc(-c3ccccc3C(=O)O)cc2)c1=O. The first-order valence-electron chi connectivity index (χ1n) is 11.7. The van der Waals surface area contributed by atoms with E-state index in [2.05, 4.69) is 0 Å². The van der Waals surface area contributed by atoms with Crippen LogP contribution in [0.5, 0.6) is 0 Å². The van der Waals surface area contributed by atoms with Crippen LogP contribution in [-0.2, 0) is 13.0 Å². The summed E-state index contributed by atoms with van der Waals surface area (Å²) in [6, 6.07) is 13.9. The standard InChI is InChI=1S/C27H31FN2O4/c1-4-5-10-24(31)30-25(28)23(16-11-18(2)3)29(27(30)34)17-19-12-14-20(15-13-19)21-8-6-7-9-22(21)26(32)33/h6-9,12-15,18H,4-5,10-11,16-17H2,1-3H3,(H,32,33). The van der Waals surface area contributed by atoms with Crippen LogP contribution >= 0.6 is 0 Å². The molecule has 180 valence electrons. The van der Waals surface area contributed by atoms with E-state index in [0.29, 0.717) is 35.3 Å². The minimum Gasteiger partial charge on any atom is -0.478 e. The van der Waals surface area contributed by atoms with Crippen LogP contribution in [0.1, 0.15) is 72.9 Å². The molecule has 0 atom stereocenters. The summed E-state index contributed by atoms with van der Waals surface area (Å²) in [4.78, 5) is 37.2. The van der Waals surface area contributed by atoms with Crippen LogP contribution in [0, 0.1) is 11.9 Å². The van der Waals surface area contributed by atoms with Gasteiger partial charge < -0.3 is 5.11 Å². The number of carboxylic acids is 1. The van der Waals surface area contributed by atoms with Gasteiger partial charge in [-0.1, -0.05) is 69.7 Å². The van der Waals surface area contributed by atoms with Gasteiger partial charge in [0.15, 0.2) is 0 Å². The lowest BCUT2D eigenvalue weighted by atomic mass is 9.98. The number of halogens is 1. The molecular formula is C27H31FN2O4. The third kappa shape index (κ3) is 5.53. The molecule has 0 saturated heterocycles. The first-order chi connectivity index (χ1) is 16.2. The van der Waals surface area contributed by atoms with Crippen molar-refractivity contribution in [3.8, 4) is 11.1 Å². The number of imidazole rings is 1. The number of hydrogen-bond acceptors (Lipinski definition) is 3. The Hall–Kier alpha value is -3.48. The molecule has 6 nitrogen and oxygen atoms in total. The summed E-state index contributed by atoms with van der Waals surface area (Å²) in [5.41, 5.74) is 1.86. The van der Waals surface area contributed by atoms with Gasteiger partial charge in [0.05, 0.1) is 17.8 Å². The maximum atomic E-state index is 15.3. The molecule has 0 amide bonds.